The zero-order chi connectivity index (χ0) is 34.0. The predicted octanol–water partition coefficient (Wildman–Crippen LogP) is 2.94. The van der Waals surface area contributed by atoms with Crippen LogP contribution in [0.5, 0.6) is 11.5 Å². The van der Waals surface area contributed by atoms with Gasteiger partial charge in [-0.15, -0.1) is 0 Å². The van der Waals surface area contributed by atoms with E-state index in [-0.39, 0.29) is 54.4 Å². The Balaban J connectivity index is 1.35. The average molecular weight is 674 g/mol. The molecule has 1 saturated heterocycles. The highest BCUT2D eigenvalue weighted by atomic mass is 32.2. The summed E-state index contributed by atoms with van der Waals surface area (Å²) in [4.78, 5) is 45.6. The number of amides is 3. The number of benzene rings is 3. The van der Waals surface area contributed by atoms with Crippen LogP contribution in [0.2, 0.25) is 0 Å². The number of likely N-dealkylation sites (tertiary alicyclic amines) is 1. The Morgan fingerprint density at radius 1 is 1.00 bits per heavy atom. The molecular weight excluding hydrogens is 641 g/mol. The van der Waals surface area contributed by atoms with E-state index in [4.69, 9.17) is 14.6 Å². The van der Waals surface area contributed by atoms with Crippen molar-refractivity contribution >= 4 is 27.7 Å². The fourth-order valence-electron chi connectivity index (χ4n) is 5.68. The fourth-order valence-corrected chi connectivity index (χ4v) is 6.22. The first-order valence-electron chi connectivity index (χ1n) is 15.1. The third-order valence-corrected chi connectivity index (χ3v) is 9.08. The minimum absolute atomic E-state index is 0.000976. The van der Waals surface area contributed by atoms with Gasteiger partial charge in [0.2, 0.25) is 10.0 Å². The summed E-state index contributed by atoms with van der Waals surface area (Å²) in [7, 11) is -4.06. The van der Waals surface area contributed by atoms with E-state index in [0.717, 1.165) is 0 Å². The molecule has 2 aliphatic heterocycles. The molecule has 0 aliphatic carbocycles. The predicted molar refractivity (Wildman–Crippen MR) is 172 cm³/mol. The van der Waals surface area contributed by atoms with Gasteiger partial charge in [-0.2, -0.15) is 0 Å². The van der Waals surface area contributed by atoms with E-state index in [9.17, 15) is 27.2 Å². The number of primary sulfonamides is 1. The minimum Gasteiger partial charge on any atom is -0.488 e. The molecule has 1 fully saturated rings. The van der Waals surface area contributed by atoms with Crippen LogP contribution in [-0.2, 0) is 21.4 Å². The Bertz CT molecular complexity index is 2020. The van der Waals surface area contributed by atoms with Crippen molar-refractivity contribution in [3.63, 3.8) is 0 Å². The first-order chi connectivity index (χ1) is 22.9. The zero-order valence-corrected chi connectivity index (χ0v) is 26.6. The number of hydrogen-bond acceptors (Lipinski definition) is 8. The van der Waals surface area contributed by atoms with Gasteiger partial charge in [0.05, 0.1) is 16.5 Å². The van der Waals surface area contributed by atoms with E-state index in [1.54, 1.807) is 43.5 Å². The van der Waals surface area contributed by atoms with Gasteiger partial charge in [-0.05, 0) is 66.1 Å². The Morgan fingerprint density at radius 2 is 1.81 bits per heavy atom. The maximum absolute atomic E-state index is 14.7. The standard InChI is InChI=1S/C34H32FN5O7S/c1-20-5-6-28(48(36,44)45)14-29(20)34(43)40-8-7-31-30(18-40)39-33(42)24-11-23(16-37-17-24)22-3-2-4-26(12-22)46-19-32(41)38-15-21-9-25(35)13-27(10-21)47-31/h2-6,9-14,16-17,30-31H,7-8,15,18-19H2,1H3,(H,38,41)(H,39,42)(H2,36,44,45)/t30-,31+/m1/s1. The van der Waals surface area contributed by atoms with Crippen molar-refractivity contribution in [1.82, 2.24) is 20.5 Å². The molecule has 0 spiro atoms. The smallest absolute Gasteiger partial charge is 0.258 e. The number of carbonyl (C=O) groups is 3. The molecule has 14 heteroatoms. The highest BCUT2D eigenvalue weighted by Crippen LogP contribution is 2.27. The molecule has 1 aromatic heterocycles. The van der Waals surface area contributed by atoms with Gasteiger partial charge in [0, 0.05) is 55.6 Å². The number of fused-ring (bicyclic) bond motifs is 8. The van der Waals surface area contributed by atoms with E-state index in [2.05, 4.69) is 15.6 Å². The van der Waals surface area contributed by atoms with Crippen LogP contribution in [0, 0.1) is 12.7 Å². The molecule has 6 rings (SSSR count). The van der Waals surface area contributed by atoms with Gasteiger partial charge < -0.3 is 25.0 Å². The number of halogens is 1. The lowest BCUT2D eigenvalue weighted by Crippen LogP contribution is -2.58. The molecule has 248 valence electrons. The molecule has 0 saturated carbocycles. The van der Waals surface area contributed by atoms with Crippen molar-refractivity contribution in [2.45, 2.75) is 36.9 Å². The highest BCUT2D eigenvalue weighted by molar-refractivity contribution is 7.89. The summed E-state index contributed by atoms with van der Waals surface area (Å²) >= 11 is 0. The maximum atomic E-state index is 14.7. The molecule has 3 amide bonds. The molecule has 3 heterocycles. The van der Waals surface area contributed by atoms with Gasteiger partial charge in [0.15, 0.2) is 6.61 Å². The number of nitrogens with zero attached hydrogens (tertiary/aromatic N) is 2. The summed E-state index contributed by atoms with van der Waals surface area (Å²) in [5, 5.41) is 11.0. The molecule has 4 N–H and O–H groups in total. The number of hydrogen-bond donors (Lipinski definition) is 3. The molecule has 2 aliphatic rings. The quantitative estimate of drug-likeness (QED) is 0.292. The van der Waals surface area contributed by atoms with Gasteiger partial charge in [0.25, 0.3) is 17.7 Å². The van der Waals surface area contributed by atoms with E-state index >= 15 is 0 Å². The van der Waals surface area contributed by atoms with Crippen molar-refractivity contribution in [3.05, 3.63) is 107 Å². The molecule has 4 aromatic rings. The lowest BCUT2D eigenvalue weighted by Gasteiger charge is -2.39. The summed E-state index contributed by atoms with van der Waals surface area (Å²) in [6.45, 7) is 1.62. The molecule has 2 atom stereocenters. The summed E-state index contributed by atoms with van der Waals surface area (Å²) in [6.07, 6.45) is 2.56. The Kier molecular flexibility index (Phi) is 9.11. The van der Waals surface area contributed by atoms with E-state index in [0.29, 0.717) is 28.0 Å². The van der Waals surface area contributed by atoms with E-state index in [1.165, 1.54) is 41.4 Å². The number of nitrogens with one attached hydrogen (secondary N) is 2. The second-order valence-corrected chi connectivity index (χ2v) is 13.2. The third-order valence-electron chi connectivity index (χ3n) is 8.17. The summed E-state index contributed by atoms with van der Waals surface area (Å²) in [5.74, 6) is -1.33. The van der Waals surface area contributed by atoms with Gasteiger partial charge in [-0.1, -0.05) is 18.2 Å². The number of carbonyl (C=O) groups excluding carboxylic acids is 3. The van der Waals surface area contributed by atoms with Crippen LogP contribution in [0.15, 0.2) is 84.0 Å². The number of pyridine rings is 1. The maximum Gasteiger partial charge on any atom is 0.258 e. The normalized spacial score (nSPS) is 18.4. The summed E-state index contributed by atoms with van der Waals surface area (Å²) in [5.41, 5.74) is 2.71. The van der Waals surface area contributed by atoms with E-state index < -0.39 is 45.7 Å². The summed E-state index contributed by atoms with van der Waals surface area (Å²) in [6, 6.07) is 16.0. The van der Waals surface area contributed by atoms with Crippen molar-refractivity contribution in [1.29, 1.82) is 0 Å². The number of aryl methyl sites for hydroxylation is 1. The van der Waals surface area contributed by atoms with Crippen molar-refractivity contribution < 1.29 is 36.7 Å². The number of sulfonamides is 1. The Morgan fingerprint density at radius 3 is 2.62 bits per heavy atom. The monoisotopic (exact) mass is 673 g/mol. The van der Waals surface area contributed by atoms with Crippen LogP contribution in [0.25, 0.3) is 11.1 Å². The van der Waals surface area contributed by atoms with Crippen LogP contribution < -0.4 is 25.2 Å². The Labute approximate surface area is 276 Å². The first-order valence-corrected chi connectivity index (χ1v) is 16.6. The SMILES string of the molecule is Cc1ccc(S(N)(=O)=O)cc1C(=O)N1CC[C@@H]2Oc3cc(F)cc(c3)CNC(=O)COc3cccc(c3)-c3cncc(c3)C(=O)N[C@@H]2C1. The number of ether oxygens (including phenoxy) is 2. The second kappa shape index (κ2) is 13.4. The van der Waals surface area contributed by atoms with Crippen LogP contribution in [0.1, 0.15) is 38.3 Å². The van der Waals surface area contributed by atoms with Gasteiger partial charge in [0.1, 0.15) is 23.4 Å². The second-order valence-electron chi connectivity index (χ2n) is 11.6. The van der Waals surface area contributed by atoms with Crippen molar-refractivity contribution in [2.75, 3.05) is 19.7 Å². The van der Waals surface area contributed by atoms with Crippen LogP contribution in [0.4, 0.5) is 4.39 Å². The minimum atomic E-state index is -4.06. The highest BCUT2D eigenvalue weighted by Gasteiger charge is 2.35. The lowest BCUT2D eigenvalue weighted by atomic mass is 9.99. The topological polar surface area (TPSA) is 170 Å². The average Bonchev–Trinajstić information content (AvgIpc) is 3.06. The van der Waals surface area contributed by atoms with Crippen molar-refractivity contribution in [2.24, 2.45) is 5.14 Å². The fraction of sp³-hybridized carbons (Fsp3) is 0.235. The lowest BCUT2D eigenvalue weighted by molar-refractivity contribution is -0.123. The number of nitrogens with two attached hydrogens (primary N) is 1. The number of piperidine rings is 1. The van der Waals surface area contributed by atoms with Crippen LogP contribution >= 0.6 is 0 Å². The van der Waals surface area contributed by atoms with Gasteiger partial charge in [-0.25, -0.2) is 17.9 Å². The zero-order valence-electron chi connectivity index (χ0n) is 25.8. The molecule has 0 radical (unpaired) electrons. The molecule has 3 aromatic carbocycles. The Hall–Kier alpha value is -5.34. The molecule has 0 unspecified atom stereocenters. The van der Waals surface area contributed by atoms with Crippen LogP contribution in [-0.4, -0.2) is 67.9 Å². The molecule has 6 bridgehead atoms. The summed E-state index contributed by atoms with van der Waals surface area (Å²) < 4.78 is 50.7. The van der Waals surface area contributed by atoms with Crippen LogP contribution in [0.3, 0.4) is 0 Å². The third kappa shape index (κ3) is 7.45. The van der Waals surface area contributed by atoms with E-state index in [1.807, 2.05) is 6.07 Å². The van der Waals surface area contributed by atoms with Gasteiger partial charge in [-0.3, -0.25) is 19.4 Å². The van der Waals surface area contributed by atoms with Crippen molar-refractivity contribution in [3.8, 4) is 22.6 Å². The molecule has 12 nitrogen and oxygen atoms in total. The number of aromatic nitrogens is 1. The number of rotatable bonds is 2. The van der Waals surface area contributed by atoms with Gasteiger partial charge >= 0.3 is 0 Å². The molecular formula is C34H32FN5O7S. The molecule has 48 heavy (non-hydrogen) atoms. The first kappa shape index (κ1) is 32.6. The largest absolute Gasteiger partial charge is 0.488 e.